The van der Waals surface area contributed by atoms with Gasteiger partial charge < -0.3 is 4.74 Å². The summed E-state index contributed by atoms with van der Waals surface area (Å²) in [5.41, 5.74) is 0.802. The van der Waals surface area contributed by atoms with Crippen molar-refractivity contribution in [2.75, 3.05) is 44.3 Å². The van der Waals surface area contributed by atoms with Crippen LogP contribution in [0, 0.1) is 5.92 Å². The van der Waals surface area contributed by atoms with Crippen LogP contribution in [-0.2, 0) is 9.53 Å². The molecule has 1 saturated heterocycles. The fourth-order valence-corrected chi connectivity index (χ4v) is 5.29. The molecule has 2 aromatic rings. The number of benzene rings is 1. The second-order valence-corrected chi connectivity index (χ2v) is 8.78. The largest absolute Gasteiger partial charge is 0.379 e. The van der Waals surface area contributed by atoms with Crippen LogP contribution in [0.4, 0.5) is 5.13 Å². The molecule has 8 heteroatoms. The van der Waals surface area contributed by atoms with Crippen molar-refractivity contribution in [1.82, 2.24) is 9.88 Å². The van der Waals surface area contributed by atoms with Gasteiger partial charge in [-0.05, 0) is 31.4 Å². The van der Waals surface area contributed by atoms with Crippen molar-refractivity contribution in [2.24, 2.45) is 5.92 Å². The number of hydrogen-bond donors (Lipinski definition) is 0. The number of thiazole rings is 1. The van der Waals surface area contributed by atoms with Crippen molar-refractivity contribution in [2.45, 2.75) is 32.1 Å². The lowest BCUT2D eigenvalue weighted by atomic mass is 10.1. The minimum Gasteiger partial charge on any atom is -0.379 e. The van der Waals surface area contributed by atoms with Crippen molar-refractivity contribution < 1.29 is 9.53 Å². The van der Waals surface area contributed by atoms with Gasteiger partial charge in [0.15, 0.2) is 5.13 Å². The Kier molecular flexibility index (Phi) is 7.94. The van der Waals surface area contributed by atoms with E-state index in [2.05, 4.69) is 4.90 Å². The Bertz CT molecular complexity index is 789. The monoisotopic (exact) mass is 443 g/mol. The molecule has 1 aromatic carbocycles. The molecule has 1 amide bonds. The number of ether oxygens (including phenoxy) is 1. The summed E-state index contributed by atoms with van der Waals surface area (Å²) in [5.74, 6) is 0.389. The summed E-state index contributed by atoms with van der Waals surface area (Å²) in [4.78, 5) is 22.3. The van der Waals surface area contributed by atoms with Crippen molar-refractivity contribution in [1.29, 1.82) is 0 Å². The van der Waals surface area contributed by atoms with E-state index in [0.29, 0.717) is 11.6 Å². The Balaban J connectivity index is 0.00000225. The topological polar surface area (TPSA) is 45.7 Å². The third kappa shape index (κ3) is 4.97. The van der Waals surface area contributed by atoms with Gasteiger partial charge in [0.2, 0.25) is 5.91 Å². The van der Waals surface area contributed by atoms with E-state index >= 15 is 0 Å². The van der Waals surface area contributed by atoms with Gasteiger partial charge in [-0.2, -0.15) is 0 Å². The van der Waals surface area contributed by atoms with Gasteiger partial charge >= 0.3 is 0 Å². The average Bonchev–Trinajstić information content (AvgIpc) is 3.36. The fourth-order valence-electron chi connectivity index (χ4n) is 3.99. The summed E-state index contributed by atoms with van der Waals surface area (Å²) < 4.78 is 6.46. The van der Waals surface area contributed by atoms with Gasteiger partial charge in [0, 0.05) is 32.1 Å². The summed E-state index contributed by atoms with van der Waals surface area (Å²) in [6, 6.07) is 5.82. The third-order valence-corrected chi connectivity index (χ3v) is 6.87. The molecule has 1 aromatic heterocycles. The van der Waals surface area contributed by atoms with Crippen LogP contribution < -0.4 is 4.90 Å². The molecule has 2 heterocycles. The zero-order chi connectivity index (χ0) is 18.6. The smallest absolute Gasteiger partial charge is 0.231 e. The number of anilines is 1. The van der Waals surface area contributed by atoms with Gasteiger partial charge in [0.25, 0.3) is 0 Å². The van der Waals surface area contributed by atoms with Crippen molar-refractivity contribution >= 4 is 56.6 Å². The molecule has 4 rings (SSSR count). The van der Waals surface area contributed by atoms with E-state index in [-0.39, 0.29) is 24.2 Å². The molecule has 154 valence electrons. The van der Waals surface area contributed by atoms with Crippen LogP contribution in [0.1, 0.15) is 32.1 Å². The first-order valence-corrected chi connectivity index (χ1v) is 11.1. The number of morpholine rings is 1. The van der Waals surface area contributed by atoms with Crippen molar-refractivity contribution in [3.63, 3.8) is 0 Å². The number of rotatable bonds is 6. The predicted octanol–water partition coefficient (Wildman–Crippen LogP) is 4.62. The lowest BCUT2D eigenvalue weighted by Gasteiger charge is -2.28. The molecule has 0 unspecified atom stereocenters. The van der Waals surface area contributed by atoms with Gasteiger partial charge in [-0.1, -0.05) is 41.8 Å². The normalized spacial score (nSPS) is 18.3. The first-order valence-electron chi connectivity index (χ1n) is 9.89. The second-order valence-electron chi connectivity index (χ2n) is 7.36. The first kappa shape index (κ1) is 21.8. The molecule has 0 atom stereocenters. The van der Waals surface area contributed by atoms with Crippen LogP contribution in [0.25, 0.3) is 10.2 Å². The maximum Gasteiger partial charge on any atom is 0.231 e. The summed E-state index contributed by atoms with van der Waals surface area (Å²) in [6.45, 7) is 5.27. The molecular formula is C20H27Cl2N3O2S. The SMILES string of the molecule is Cl.O=C(C1CCCC1)N(CCCN1CCOCC1)c1nc2c(Cl)cccc2s1. The zero-order valence-electron chi connectivity index (χ0n) is 15.9. The maximum absolute atomic E-state index is 13.2. The van der Waals surface area contributed by atoms with E-state index in [4.69, 9.17) is 21.3 Å². The van der Waals surface area contributed by atoms with Crippen LogP contribution in [0.3, 0.4) is 0 Å². The lowest BCUT2D eigenvalue weighted by Crippen LogP contribution is -2.40. The molecule has 1 saturated carbocycles. The summed E-state index contributed by atoms with van der Waals surface area (Å²) >= 11 is 7.88. The second kappa shape index (κ2) is 10.2. The maximum atomic E-state index is 13.2. The highest BCUT2D eigenvalue weighted by Gasteiger charge is 2.30. The van der Waals surface area contributed by atoms with E-state index in [0.717, 1.165) is 80.3 Å². The molecule has 0 spiro atoms. The van der Waals surface area contributed by atoms with Gasteiger partial charge in [0.05, 0.1) is 22.9 Å². The minimum absolute atomic E-state index is 0. The predicted molar refractivity (Wildman–Crippen MR) is 118 cm³/mol. The summed E-state index contributed by atoms with van der Waals surface area (Å²) in [6.07, 6.45) is 5.27. The molecule has 0 bridgehead atoms. The first-order chi connectivity index (χ1) is 13.2. The Morgan fingerprint density at radius 2 is 2.04 bits per heavy atom. The van der Waals surface area contributed by atoms with Gasteiger partial charge in [-0.3, -0.25) is 14.6 Å². The van der Waals surface area contributed by atoms with Gasteiger partial charge in [-0.25, -0.2) is 4.98 Å². The number of fused-ring (bicyclic) bond motifs is 1. The van der Waals surface area contributed by atoms with Crippen LogP contribution in [0.5, 0.6) is 0 Å². The fraction of sp³-hybridized carbons (Fsp3) is 0.600. The zero-order valence-corrected chi connectivity index (χ0v) is 18.3. The molecule has 28 heavy (non-hydrogen) atoms. The lowest BCUT2D eigenvalue weighted by molar-refractivity contribution is -0.122. The molecule has 1 aliphatic heterocycles. The average molecular weight is 444 g/mol. The van der Waals surface area contributed by atoms with Crippen molar-refractivity contribution in [3.05, 3.63) is 23.2 Å². The van der Waals surface area contributed by atoms with Crippen LogP contribution in [0.15, 0.2) is 18.2 Å². The molecular weight excluding hydrogens is 417 g/mol. The molecule has 2 aliphatic rings. The van der Waals surface area contributed by atoms with E-state index < -0.39 is 0 Å². The molecule has 1 aliphatic carbocycles. The number of carbonyl (C=O) groups is 1. The van der Waals surface area contributed by atoms with Crippen molar-refractivity contribution in [3.8, 4) is 0 Å². The standard InChI is InChI=1S/C20H26ClN3O2S.ClH/c21-16-7-3-8-17-18(16)22-20(27-17)24(19(25)15-5-1-2-6-15)10-4-9-23-11-13-26-14-12-23;/h3,7-8,15H,1-2,4-6,9-14H2;1H. The Hall–Kier alpha value is -0.920. The van der Waals surface area contributed by atoms with Crippen LogP contribution in [-0.4, -0.2) is 55.2 Å². The molecule has 0 radical (unpaired) electrons. The number of hydrogen-bond acceptors (Lipinski definition) is 5. The highest BCUT2D eigenvalue weighted by atomic mass is 35.5. The quantitative estimate of drug-likeness (QED) is 0.653. The highest BCUT2D eigenvalue weighted by molar-refractivity contribution is 7.22. The van der Waals surface area contributed by atoms with Gasteiger partial charge in [-0.15, -0.1) is 12.4 Å². The van der Waals surface area contributed by atoms with E-state index in [1.54, 1.807) is 11.3 Å². The van der Waals surface area contributed by atoms with E-state index in [1.165, 1.54) is 0 Å². The van der Waals surface area contributed by atoms with Crippen LogP contribution in [0.2, 0.25) is 5.02 Å². The number of carbonyl (C=O) groups excluding carboxylic acids is 1. The number of amides is 1. The number of para-hydroxylation sites is 1. The number of aromatic nitrogens is 1. The summed E-state index contributed by atoms with van der Waals surface area (Å²) in [5, 5.41) is 1.44. The molecule has 5 nitrogen and oxygen atoms in total. The minimum atomic E-state index is 0. The Morgan fingerprint density at radius 3 is 2.75 bits per heavy atom. The van der Waals surface area contributed by atoms with E-state index in [9.17, 15) is 4.79 Å². The third-order valence-electron chi connectivity index (χ3n) is 5.52. The van der Waals surface area contributed by atoms with Crippen LogP contribution >= 0.6 is 35.3 Å². The molecule has 0 N–H and O–H groups in total. The molecule has 2 fully saturated rings. The Morgan fingerprint density at radius 1 is 1.29 bits per heavy atom. The highest BCUT2D eigenvalue weighted by Crippen LogP contribution is 2.35. The Labute approximate surface area is 181 Å². The van der Waals surface area contributed by atoms with E-state index in [1.807, 2.05) is 23.1 Å². The van der Waals surface area contributed by atoms with Gasteiger partial charge in [0.1, 0.15) is 5.52 Å². The number of nitrogens with zero attached hydrogens (tertiary/aromatic N) is 3. The number of halogens is 2. The summed E-state index contributed by atoms with van der Waals surface area (Å²) in [7, 11) is 0.